The number of hydrogen-bond acceptors (Lipinski definition) is 4. The summed E-state index contributed by atoms with van der Waals surface area (Å²) in [4.78, 5) is 0. The van der Waals surface area contributed by atoms with Crippen LogP contribution in [0.2, 0.25) is 0 Å². The van der Waals surface area contributed by atoms with Crippen LogP contribution < -0.4 is 9.47 Å². The van der Waals surface area contributed by atoms with Crippen LogP contribution in [0.15, 0.2) is 6.07 Å². The Bertz CT molecular complexity index is 1110. The quantitative estimate of drug-likeness (QED) is 0.317. The molecule has 2 heterocycles. The lowest BCUT2D eigenvalue weighted by molar-refractivity contribution is -0.00988. The Labute approximate surface area is 241 Å². The number of epoxide rings is 2. The molecule has 2 saturated heterocycles. The summed E-state index contributed by atoms with van der Waals surface area (Å²) in [6.07, 6.45) is 17.3. The molecule has 2 aliphatic heterocycles. The molecule has 10 aliphatic rings. The summed E-state index contributed by atoms with van der Waals surface area (Å²) in [5.41, 5.74) is 5.19. The van der Waals surface area contributed by atoms with Crippen molar-refractivity contribution in [3.63, 3.8) is 0 Å². The van der Waals surface area contributed by atoms with E-state index in [9.17, 15) is 0 Å². The molecule has 10 fully saturated rings. The highest BCUT2D eigenvalue weighted by molar-refractivity contribution is 5.63. The highest BCUT2D eigenvalue weighted by atomic mass is 16.6. The van der Waals surface area contributed by atoms with E-state index in [1.807, 2.05) is 0 Å². The standard InChI is InChI=1S/C36H50O4/c1-34(2,3)29-10-30(35-11-21-4-22(12-35)6-23(5-21)13-35)32(39-19-27-17-37-27)33(40-20-28-18-38-28)31(29)36-14-24-7-25(15-36)9-26(8-24)16-36/h10,21-28H,4-9,11-20H2,1-3H3. The van der Waals surface area contributed by atoms with E-state index in [0.29, 0.717) is 13.2 Å². The lowest BCUT2D eigenvalue weighted by atomic mass is 9.46. The molecule has 218 valence electrons. The first-order valence-corrected chi connectivity index (χ1v) is 17.0. The topological polar surface area (TPSA) is 43.5 Å². The van der Waals surface area contributed by atoms with Gasteiger partial charge in [-0.25, -0.2) is 0 Å². The molecule has 4 nitrogen and oxygen atoms in total. The molecule has 0 amide bonds. The van der Waals surface area contributed by atoms with E-state index in [-0.39, 0.29) is 28.5 Å². The fourth-order valence-corrected chi connectivity index (χ4v) is 12.0. The van der Waals surface area contributed by atoms with Gasteiger partial charge in [0.2, 0.25) is 0 Å². The van der Waals surface area contributed by atoms with Crippen LogP contribution in [0.3, 0.4) is 0 Å². The zero-order valence-electron chi connectivity index (χ0n) is 25.1. The first kappa shape index (κ1) is 25.3. The zero-order valence-corrected chi connectivity index (χ0v) is 25.1. The predicted octanol–water partition coefficient (Wildman–Crippen LogP) is 7.47. The van der Waals surface area contributed by atoms with Gasteiger partial charge in [0.1, 0.15) is 25.4 Å². The summed E-state index contributed by atoms with van der Waals surface area (Å²) in [5, 5.41) is 0. The van der Waals surface area contributed by atoms with E-state index in [0.717, 1.165) is 60.2 Å². The molecule has 0 radical (unpaired) electrons. The monoisotopic (exact) mass is 546 g/mol. The van der Waals surface area contributed by atoms with Crippen LogP contribution in [0.25, 0.3) is 0 Å². The number of ether oxygens (including phenoxy) is 4. The van der Waals surface area contributed by atoms with Crippen molar-refractivity contribution in [1.82, 2.24) is 0 Å². The largest absolute Gasteiger partial charge is 0.487 e. The van der Waals surface area contributed by atoms with Gasteiger partial charge in [0.25, 0.3) is 0 Å². The van der Waals surface area contributed by atoms with E-state index < -0.39 is 0 Å². The molecular weight excluding hydrogens is 496 g/mol. The van der Waals surface area contributed by atoms with Crippen LogP contribution in [0.5, 0.6) is 11.5 Å². The first-order valence-electron chi connectivity index (χ1n) is 17.0. The summed E-state index contributed by atoms with van der Waals surface area (Å²) >= 11 is 0. The molecule has 1 aromatic carbocycles. The Balaban J connectivity index is 1.26. The van der Waals surface area contributed by atoms with Gasteiger partial charge in [-0.3, -0.25) is 0 Å². The summed E-state index contributed by atoms with van der Waals surface area (Å²) in [6.45, 7) is 10.4. The second-order valence-electron chi connectivity index (χ2n) is 17.2. The molecule has 0 aromatic heterocycles. The SMILES string of the molecule is CC(C)(C)c1cc(C23CC4CC(CC(C4)C2)C3)c(OCC2CO2)c(OCC2CO2)c1C12CC3CC(CC(C3)C1)C2. The van der Waals surface area contributed by atoms with Crippen molar-refractivity contribution < 1.29 is 18.9 Å². The van der Waals surface area contributed by atoms with Gasteiger partial charge in [0, 0.05) is 16.5 Å². The number of benzene rings is 1. The maximum atomic E-state index is 7.08. The maximum Gasteiger partial charge on any atom is 0.165 e. The smallest absolute Gasteiger partial charge is 0.165 e. The van der Waals surface area contributed by atoms with Crippen LogP contribution >= 0.6 is 0 Å². The lowest BCUT2D eigenvalue weighted by Crippen LogP contribution is -2.50. The Kier molecular flexibility index (Phi) is 5.46. The third-order valence-electron chi connectivity index (χ3n) is 12.9. The Hall–Kier alpha value is -1.26. The van der Waals surface area contributed by atoms with Crippen LogP contribution in [-0.2, 0) is 25.7 Å². The fourth-order valence-electron chi connectivity index (χ4n) is 12.0. The molecule has 8 bridgehead atoms. The maximum absolute atomic E-state index is 7.08. The second kappa shape index (κ2) is 8.65. The summed E-state index contributed by atoms with van der Waals surface area (Å²) in [5.74, 6) is 7.64. The van der Waals surface area contributed by atoms with Gasteiger partial charge in [-0.15, -0.1) is 0 Å². The first-order chi connectivity index (χ1) is 19.3. The molecular formula is C36H50O4. The van der Waals surface area contributed by atoms with Gasteiger partial charge < -0.3 is 18.9 Å². The second-order valence-corrected chi connectivity index (χ2v) is 17.2. The Morgan fingerprint density at radius 3 is 1.45 bits per heavy atom. The Morgan fingerprint density at radius 2 is 1.05 bits per heavy atom. The van der Waals surface area contributed by atoms with Crippen LogP contribution in [0, 0.1) is 35.5 Å². The van der Waals surface area contributed by atoms with Crippen molar-refractivity contribution in [2.75, 3.05) is 26.4 Å². The molecule has 11 rings (SSSR count). The minimum atomic E-state index is 0.0576. The van der Waals surface area contributed by atoms with Crippen molar-refractivity contribution in [2.24, 2.45) is 35.5 Å². The highest BCUT2D eigenvalue weighted by Crippen LogP contribution is 2.67. The molecule has 8 aliphatic carbocycles. The van der Waals surface area contributed by atoms with Gasteiger partial charge in [-0.1, -0.05) is 26.8 Å². The van der Waals surface area contributed by atoms with Crippen LogP contribution in [-0.4, -0.2) is 38.6 Å². The molecule has 2 unspecified atom stereocenters. The molecule has 1 aromatic rings. The minimum Gasteiger partial charge on any atom is -0.487 e. The average molecular weight is 547 g/mol. The third-order valence-corrected chi connectivity index (χ3v) is 12.9. The van der Waals surface area contributed by atoms with E-state index in [1.165, 1.54) is 82.6 Å². The van der Waals surface area contributed by atoms with Gasteiger partial charge in [0.05, 0.1) is 13.2 Å². The van der Waals surface area contributed by atoms with Crippen LogP contribution in [0.1, 0.15) is 115 Å². The van der Waals surface area contributed by atoms with E-state index in [2.05, 4.69) is 26.8 Å². The third kappa shape index (κ3) is 4.12. The normalized spacial score (nSPS) is 45.7. The van der Waals surface area contributed by atoms with E-state index >= 15 is 0 Å². The molecule has 4 heteroatoms. The van der Waals surface area contributed by atoms with Crippen molar-refractivity contribution in [3.8, 4) is 11.5 Å². The molecule has 0 N–H and O–H groups in total. The summed E-state index contributed by atoms with van der Waals surface area (Å²) in [6, 6.07) is 2.71. The molecule has 2 atom stereocenters. The number of hydrogen-bond donors (Lipinski definition) is 0. The van der Waals surface area contributed by atoms with Crippen molar-refractivity contribution >= 4 is 0 Å². The Morgan fingerprint density at radius 1 is 0.650 bits per heavy atom. The summed E-state index contributed by atoms with van der Waals surface area (Å²) < 4.78 is 25.5. The predicted molar refractivity (Wildman–Crippen MR) is 155 cm³/mol. The van der Waals surface area contributed by atoms with Crippen molar-refractivity contribution in [2.45, 2.75) is 126 Å². The van der Waals surface area contributed by atoms with Gasteiger partial charge in [-0.2, -0.15) is 0 Å². The average Bonchev–Trinajstić information content (AvgIpc) is 3.79. The highest BCUT2D eigenvalue weighted by Gasteiger charge is 2.57. The van der Waals surface area contributed by atoms with Crippen molar-refractivity contribution in [1.29, 1.82) is 0 Å². The molecule has 40 heavy (non-hydrogen) atoms. The fraction of sp³-hybridized carbons (Fsp3) is 0.833. The molecule has 8 saturated carbocycles. The zero-order chi connectivity index (χ0) is 26.9. The van der Waals surface area contributed by atoms with E-state index in [1.54, 1.807) is 11.1 Å². The van der Waals surface area contributed by atoms with Gasteiger partial charge >= 0.3 is 0 Å². The van der Waals surface area contributed by atoms with E-state index in [4.69, 9.17) is 18.9 Å². The lowest BCUT2D eigenvalue weighted by Gasteiger charge is -2.59. The minimum absolute atomic E-state index is 0.0576. The summed E-state index contributed by atoms with van der Waals surface area (Å²) in [7, 11) is 0. The number of rotatable bonds is 8. The van der Waals surface area contributed by atoms with Gasteiger partial charge in [0.15, 0.2) is 11.5 Å². The molecule has 0 spiro atoms. The van der Waals surface area contributed by atoms with Gasteiger partial charge in [-0.05, 0) is 129 Å². The van der Waals surface area contributed by atoms with Crippen LogP contribution in [0.4, 0.5) is 0 Å². The van der Waals surface area contributed by atoms with Crippen molar-refractivity contribution in [3.05, 3.63) is 22.8 Å².